The number of aromatic nitrogens is 3. The van der Waals surface area contributed by atoms with Gasteiger partial charge in [-0.25, -0.2) is 9.97 Å². The van der Waals surface area contributed by atoms with E-state index in [2.05, 4.69) is 15.3 Å². The minimum Gasteiger partial charge on any atom is -0.382 e. The van der Waals surface area contributed by atoms with E-state index in [0.29, 0.717) is 17.4 Å². The number of hydrogen-bond acceptors (Lipinski definition) is 5. The number of nitrogens with zero attached hydrogens (tertiary/aromatic N) is 3. The summed E-state index contributed by atoms with van der Waals surface area (Å²) in [6.45, 7) is 2.02. The molecule has 0 fully saturated rings. The molecule has 0 aliphatic carbocycles. The molecule has 6 nitrogen and oxygen atoms in total. The second-order valence-corrected chi connectivity index (χ2v) is 5.84. The van der Waals surface area contributed by atoms with Gasteiger partial charge < -0.3 is 15.5 Å². The van der Waals surface area contributed by atoms with E-state index in [9.17, 15) is 4.21 Å². The van der Waals surface area contributed by atoms with Crippen LogP contribution in [0.1, 0.15) is 13.3 Å². The fourth-order valence-electron chi connectivity index (χ4n) is 1.70. The third-order valence-corrected chi connectivity index (χ3v) is 3.42. The third-order valence-electron chi connectivity index (χ3n) is 2.61. The van der Waals surface area contributed by atoms with Gasteiger partial charge in [0, 0.05) is 41.2 Å². The van der Waals surface area contributed by atoms with E-state index in [1.165, 1.54) is 0 Å². The van der Waals surface area contributed by atoms with Crippen LogP contribution in [-0.2, 0) is 10.8 Å². The van der Waals surface area contributed by atoms with Crippen molar-refractivity contribution in [1.82, 2.24) is 14.4 Å². The van der Waals surface area contributed by atoms with Gasteiger partial charge in [-0.1, -0.05) is 0 Å². The van der Waals surface area contributed by atoms with Crippen LogP contribution in [0.4, 0.5) is 11.6 Å². The van der Waals surface area contributed by atoms with Gasteiger partial charge in [-0.2, -0.15) is 0 Å². The number of anilines is 2. The van der Waals surface area contributed by atoms with Gasteiger partial charge in [0.1, 0.15) is 5.82 Å². The number of nitrogen functional groups attached to an aromatic ring is 1. The Hall–Kier alpha value is -1.63. The Morgan fingerprint density at radius 1 is 1.61 bits per heavy atom. The molecule has 2 heterocycles. The van der Waals surface area contributed by atoms with Gasteiger partial charge in [0.15, 0.2) is 11.5 Å². The monoisotopic (exact) mass is 267 g/mol. The van der Waals surface area contributed by atoms with E-state index in [-0.39, 0.29) is 6.04 Å². The summed E-state index contributed by atoms with van der Waals surface area (Å²) in [5.74, 6) is 1.77. The van der Waals surface area contributed by atoms with E-state index in [0.717, 1.165) is 12.1 Å². The average molecular weight is 267 g/mol. The molecule has 2 rings (SSSR count). The minimum absolute atomic E-state index is 0.170. The molecule has 2 aromatic heterocycles. The van der Waals surface area contributed by atoms with E-state index in [4.69, 9.17) is 5.73 Å². The fourth-order valence-corrected chi connectivity index (χ4v) is 2.38. The first kappa shape index (κ1) is 12.8. The lowest BCUT2D eigenvalue weighted by atomic mass is 10.2. The van der Waals surface area contributed by atoms with Crippen molar-refractivity contribution in [2.45, 2.75) is 19.4 Å². The van der Waals surface area contributed by atoms with Gasteiger partial charge >= 0.3 is 0 Å². The van der Waals surface area contributed by atoms with Gasteiger partial charge in [-0.3, -0.25) is 4.21 Å². The lowest BCUT2D eigenvalue weighted by molar-refractivity contribution is 0.678. The van der Waals surface area contributed by atoms with Gasteiger partial charge in [-0.15, -0.1) is 0 Å². The van der Waals surface area contributed by atoms with E-state index in [1.54, 1.807) is 18.6 Å². The lowest BCUT2D eigenvalue weighted by Gasteiger charge is -2.14. The predicted octanol–water partition coefficient (Wildman–Crippen LogP) is 0.880. The zero-order valence-electron chi connectivity index (χ0n) is 10.5. The van der Waals surface area contributed by atoms with Crippen molar-refractivity contribution in [3.8, 4) is 0 Å². The van der Waals surface area contributed by atoms with Crippen LogP contribution in [0.25, 0.3) is 5.65 Å². The van der Waals surface area contributed by atoms with E-state index >= 15 is 0 Å². The quantitative estimate of drug-likeness (QED) is 0.840. The molecule has 0 spiro atoms. The largest absolute Gasteiger partial charge is 0.382 e. The number of nitrogens with one attached hydrogen (secondary N) is 1. The molecule has 7 heteroatoms. The second kappa shape index (κ2) is 5.34. The highest BCUT2D eigenvalue weighted by Gasteiger charge is 2.09. The van der Waals surface area contributed by atoms with Gasteiger partial charge in [0.2, 0.25) is 0 Å². The van der Waals surface area contributed by atoms with Crippen molar-refractivity contribution in [2.24, 2.45) is 0 Å². The highest BCUT2D eigenvalue weighted by Crippen LogP contribution is 2.16. The SMILES string of the molecule is CC(CCS(C)=O)Nc1nc(N)cn2ccnc12. The molecule has 0 aliphatic rings. The maximum atomic E-state index is 11.1. The Morgan fingerprint density at radius 2 is 2.39 bits per heavy atom. The number of nitrogens with two attached hydrogens (primary N) is 1. The van der Waals surface area contributed by atoms with Crippen LogP contribution in [0.15, 0.2) is 18.6 Å². The van der Waals surface area contributed by atoms with Crippen molar-refractivity contribution in [3.63, 3.8) is 0 Å². The summed E-state index contributed by atoms with van der Waals surface area (Å²) in [5.41, 5.74) is 6.48. The minimum atomic E-state index is -0.774. The third kappa shape index (κ3) is 2.98. The molecule has 98 valence electrons. The summed E-state index contributed by atoms with van der Waals surface area (Å²) < 4.78 is 12.9. The normalized spacial score (nSPS) is 14.6. The molecule has 2 unspecified atom stereocenters. The van der Waals surface area contributed by atoms with E-state index in [1.807, 2.05) is 17.5 Å². The first-order valence-corrected chi connectivity index (χ1v) is 7.44. The van der Waals surface area contributed by atoms with Crippen molar-refractivity contribution >= 4 is 28.1 Å². The molecular weight excluding hydrogens is 250 g/mol. The highest BCUT2D eigenvalue weighted by molar-refractivity contribution is 7.84. The van der Waals surface area contributed by atoms with Gasteiger partial charge in [0.05, 0.1) is 6.20 Å². The van der Waals surface area contributed by atoms with Crippen molar-refractivity contribution in [2.75, 3.05) is 23.1 Å². The molecule has 18 heavy (non-hydrogen) atoms. The van der Waals surface area contributed by atoms with Crippen molar-refractivity contribution in [3.05, 3.63) is 18.6 Å². The van der Waals surface area contributed by atoms with Crippen molar-refractivity contribution in [1.29, 1.82) is 0 Å². The Kier molecular flexibility index (Phi) is 3.81. The molecule has 0 radical (unpaired) electrons. The Morgan fingerprint density at radius 3 is 3.11 bits per heavy atom. The zero-order chi connectivity index (χ0) is 13.1. The van der Waals surface area contributed by atoms with Crippen molar-refractivity contribution < 1.29 is 4.21 Å². The molecular formula is C11H17N5OS. The van der Waals surface area contributed by atoms with E-state index < -0.39 is 10.8 Å². The smallest absolute Gasteiger partial charge is 0.180 e. The maximum absolute atomic E-state index is 11.1. The molecule has 0 aliphatic heterocycles. The maximum Gasteiger partial charge on any atom is 0.180 e. The molecule has 2 atom stereocenters. The average Bonchev–Trinajstić information content (AvgIpc) is 2.74. The first-order chi connectivity index (χ1) is 8.56. The molecule has 0 aromatic carbocycles. The number of hydrogen-bond donors (Lipinski definition) is 2. The topological polar surface area (TPSA) is 85.3 Å². The Labute approximate surface area is 108 Å². The predicted molar refractivity (Wildman–Crippen MR) is 74.0 cm³/mol. The first-order valence-electron chi connectivity index (χ1n) is 5.72. The molecule has 0 saturated heterocycles. The summed E-state index contributed by atoms with van der Waals surface area (Å²) in [7, 11) is -0.774. The van der Waals surface area contributed by atoms with Crippen LogP contribution in [0.2, 0.25) is 0 Å². The van der Waals surface area contributed by atoms with Gasteiger partial charge in [-0.05, 0) is 13.3 Å². The van der Waals surface area contributed by atoms with Crippen LogP contribution in [0, 0.1) is 0 Å². The zero-order valence-corrected chi connectivity index (χ0v) is 11.3. The summed E-state index contributed by atoms with van der Waals surface area (Å²) in [4.78, 5) is 8.48. The van der Waals surface area contributed by atoms with Gasteiger partial charge in [0.25, 0.3) is 0 Å². The summed E-state index contributed by atoms with van der Waals surface area (Å²) in [6, 6.07) is 0.170. The van der Waals surface area contributed by atoms with Crippen LogP contribution in [0.5, 0.6) is 0 Å². The number of imidazole rings is 1. The Bertz CT molecular complexity index is 568. The lowest BCUT2D eigenvalue weighted by Crippen LogP contribution is -2.19. The number of fused-ring (bicyclic) bond motifs is 1. The van der Waals surface area contributed by atoms with Crippen LogP contribution in [0.3, 0.4) is 0 Å². The van der Waals surface area contributed by atoms with Crippen LogP contribution >= 0.6 is 0 Å². The Balaban J connectivity index is 2.15. The fraction of sp³-hybridized carbons (Fsp3) is 0.455. The highest BCUT2D eigenvalue weighted by atomic mass is 32.2. The summed E-state index contributed by atoms with van der Waals surface area (Å²) in [6.07, 6.45) is 7.77. The molecule has 2 aromatic rings. The van der Waals surface area contributed by atoms with Crippen LogP contribution < -0.4 is 11.1 Å². The molecule has 0 saturated carbocycles. The van der Waals surface area contributed by atoms with Crippen LogP contribution in [-0.4, -0.2) is 36.6 Å². The molecule has 0 amide bonds. The summed E-state index contributed by atoms with van der Waals surface area (Å²) in [5, 5.41) is 3.26. The number of rotatable bonds is 5. The molecule has 3 N–H and O–H groups in total. The molecule has 0 bridgehead atoms. The standard InChI is InChI=1S/C11H17N5OS/c1-8(3-6-18(2)17)14-10-11-13-4-5-16(11)7-9(12)15-10/h4-5,7-8H,3,6,12H2,1-2H3,(H,14,15). The second-order valence-electron chi connectivity index (χ2n) is 4.28. The summed E-state index contributed by atoms with van der Waals surface area (Å²) >= 11 is 0.